The Bertz CT molecular complexity index is 1250. The van der Waals surface area contributed by atoms with Crippen molar-refractivity contribution < 1.29 is 17.3 Å². The van der Waals surface area contributed by atoms with E-state index in [1.807, 2.05) is 0 Å². The normalized spacial score (nSPS) is 11.6. The predicted octanol–water partition coefficient (Wildman–Crippen LogP) is 5.08. The van der Waals surface area contributed by atoms with Crippen LogP contribution in [0.15, 0.2) is 69.4 Å². The maximum absolute atomic E-state index is 13.2. The fraction of sp³-hybridized carbons (Fsp3) is 0.0526. The van der Waals surface area contributed by atoms with Gasteiger partial charge < -0.3 is 4.52 Å². The van der Waals surface area contributed by atoms with E-state index >= 15 is 0 Å². The first-order chi connectivity index (χ1) is 13.9. The average Bonchev–Trinajstić information content (AvgIpc) is 3.38. The quantitative estimate of drug-likeness (QED) is 0.424. The minimum Gasteiger partial charge on any atom is -0.333 e. The molecule has 0 bridgehead atoms. The van der Waals surface area contributed by atoms with Crippen LogP contribution >= 0.6 is 22.9 Å². The van der Waals surface area contributed by atoms with Crippen molar-refractivity contribution in [3.05, 3.63) is 70.8 Å². The van der Waals surface area contributed by atoms with E-state index in [2.05, 4.69) is 10.1 Å². The molecule has 0 unspecified atom stereocenters. The van der Waals surface area contributed by atoms with Gasteiger partial charge in [-0.1, -0.05) is 16.8 Å². The van der Waals surface area contributed by atoms with Crippen molar-refractivity contribution in [2.45, 2.75) is 4.90 Å². The van der Waals surface area contributed by atoms with Gasteiger partial charge in [-0.05, 0) is 60.0 Å². The second-order valence-electron chi connectivity index (χ2n) is 5.99. The number of rotatable bonds is 5. The van der Waals surface area contributed by atoms with Crippen LogP contribution in [0.5, 0.6) is 0 Å². The molecule has 0 radical (unpaired) electrons. The van der Waals surface area contributed by atoms with E-state index in [-0.39, 0.29) is 10.8 Å². The highest BCUT2D eigenvalue weighted by Gasteiger charge is 2.28. The number of hydrogen-bond donors (Lipinski definition) is 0. The van der Waals surface area contributed by atoms with Crippen molar-refractivity contribution in [1.82, 2.24) is 10.1 Å². The molecule has 148 valence electrons. The van der Waals surface area contributed by atoms with Gasteiger partial charge in [0.25, 0.3) is 15.9 Å². The molecule has 4 aromatic rings. The molecule has 0 amide bonds. The summed E-state index contributed by atoms with van der Waals surface area (Å²) in [4.78, 5) is 4.68. The van der Waals surface area contributed by atoms with Gasteiger partial charge in [0.15, 0.2) is 0 Å². The summed E-state index contributed by atoms with van der Waals surface area (Å²) in [5.74, 6) is -0.0345. The van der Waals surface area contributed by atoms with Gasteiger partial charge in [0, 0.05) is 17.6 Å². The van der Waals surface area contributed by atoms with Crippen molar-refractivity contribution in [2.75, 3.05) is 11.4 Å². The van der Waals surface area contributed by atoms with E-state index in [4.69, 9.17) is 16.1 Å². The Hall–Kier alpha value is -2.75. The first kappa shape index (κ1) is 19.6. The lowest BCUT2D eigenvalue weighted by Crippen LogP contribution is -2.26. The number of aromatic nitrogens is 2. The highest BCUT2D eigenvalue weighted by molar-refractivity contribution is 7.93. The van der Waals surface area contributed by atoms with Gasteiger partial charge in [-0.3, -0.25) is 4.31 Å². The zero-order chi connectivity index (χ0) is 20.6. The fourth-order valence-electron chi connectivity index (χ4n) is 2.63. The number of hydrogen-bond acceptors (Lipinski definition) is 6. The minimum absolute atomic E-state index is 0.0284. The molecule has 4 rings (SSSR count). The fourth-order valence-corrected chi connectivity index (χ4v) is 5.26. The van der Waals surface area contributed by atoms with Crippen LogP contribution in [0, 0.1) is 5.82 Å². The number of benzene rings is 2. The SMILES string of the molecule is CN(c1ccc(F)cc1)S(=O)(=O)c1ccsc1-c1nc(-c2ccc(Cl)cc2)no1. The van der Waals surface area contributed by atoms with Gasteiger partial charge in [0.1, 0.15) is 15.6 Å². The molecule has 0 aliphatic rings. The van der Waals surface area contributed by atoms with Crippen LogP contribution in [0.2, 0.25) is 5.02 Å². The summed E-state index contributed by atoms with van der Waals surface area (Å²) in [6.45, 7) is 0. The van der Waals surface area contributed by atoms with E-state index in [1.165, 1.54) is 48.7 Å². The van der Waals surface area contributed by atoms with Crippen LogP contribution in [0.1, 0.15) is 0 Å². The molecule has 10 heteroatoms. The molecule has 2 aromatic carbocycles. The summed E-state index contributed by atoms with van der Waals surface area (Å²) in [5, 5.41) is 6.14. The number of nitrogens with zero attached hydrogens (tertiary/aromatic N) is 3. The number of sulfonamides is 1. The van der Waals surface area contributed by atoms with E-state index in [0.717, 1.165) is 4.31 Å². The molecular weight excluding hydrogens is 437 g/mol. The molecule has 0 atom stereocenters. The Morgan fingerprint density at radius 3 is 2.45 bits per heavy atom. The summed E-state index contributed by atoms with van der Waals surface area (Å²) in [6, 6.07) is 13.5. The maximum atomic E-state index is 13.2. The lowest BCUT2D eigenvalue weighted by Gasteiger charge is -2.19. The highest BCUT2D eigenvalue weighted by atomic mass is 35.5. The molecule has 0 spiro atoms. The van der Waals surface area contributed by atoms with Crippen LogP contribution in [0.4, 0.5) is 10.1 Å². The van der Waals surface area contributed by atoms with E-state index in [9.17, 15) is 12.8 Å². The Labute approximate surface area is 175 Å². The van der Waals surface area contributed by atoms with Gasteiger partial charge in [0.2, 0.25) is 5.82 Å². The smallest absolute Gasteiger partial charge is 0.269 e. The van der Waals surface area contributed by atoms with Crippen LogP contribution < -0.4 is 4.31 Å². The molecule has 2 aromatic heterocycles. The minimum atomic E-state index is -3.93. The van der Waals surface area contributed by atoms with Crippen molar-refractivity contribution in [3.63, 3.8) is 0 Å². The Kier molecular flexibility index (Phi) is 5.12. The molecule has 6 nitrogen and oxygen atoms in total. The second kappa shape index (κ2) is 7.58. The first-order valence-corrected chi connectivity index (χ1v) is 11.0. The largest absolute Gasteiger partial charge is 0.333 e. The van der Waals surface area contributed by atoms with Gasteiger partial charge >= 0.3 is 0 Å². The predicted molar refractivity (Wildman–Crippen MR) is 110 cm³/mol. The van der Waals surface area contributed by atoms with E-state index in [0.29, 0.717) is 27.0 Å². The van der Waals surface area contributed by atoms with Crippen molar-refractivity contribution in [2.24, 2.45) is 0 Å². The Morgan fingerprint density at radius 1 is 1.07 bits per heavy atom. The summed E-state index contributed by atoms with van der Waals surface area (Å²) in [6.07, 6.45) is 0. The summed E-state index contributed by atoms with van der Waals surface area (Å²) in [7, 11) is -2.53. The van der Waals surface area contributed by atoms with Gasteiger partial charge in [-0.2, -0.15) is 4.98 Å². The molecule has 2 heterocycles. The third kappa shape index (κ3) is 3.76. The zero-order valence-corrected chi connectivity index (χ0v) is 17.3. The van der Waals surface area contributed by atoms with Gasteiger partial charge in [-0.25, -0.2) is 12.8 Å². The van der Waals surface area contributed by atoms with Gasteiger partial charge in [-0.15, -0.1) is 11.3 Å². The van der Waals surface area contributed by atoms with Crippen molar-refractivity contribution >= 4 is 38.6 Å². The van der Waals surface area contributed by atoms with Crippen LogP contribution in [-0.2, 0) is 10.0 Å². The van der Waals surface area contributed by atoms with E-state index in [1.54, 1.807) is 29.6 Å². The summed E-state index contributed by atoms with van der Waals surface area (Å²) >= 11 is 7.06. The maximum Gasteiger partial charge on any atom is 0.269 e. The molecule has 0 saturated heterocycles. The number of anilines is 1. The molecule has 29 heavy (non-hydrogen) atoms. The lowest BCUT2D eigenvalue weighted by molar-refractivity contribution is 0.432. The first-order valence-electron chi connectivity index (χ1n) is 8.28. The van der Waals surface area contributed by atoms with Crippen LogP contribution in [0.25, 0.3) is 22.2 Å². The van der Waals surface area contributed by atoms with Crippen LogP contribution in [0.3, 0.4) is 0 Å². The summed E-state index contributed by atoms with van der Waals surface area (Å²) in [5.41, 5.74) is 1.02. The summed E-state index contributed by atoms with van der Waals surface area (Å²) < 4.78 is 45.8. The molecular formula is C19H13ClFN3O3S2. The topological polar surface area (TPSA) is 76.3 Å². The van der Waals surface area contributed by atoms with E-state index < -0.39 is 15.8 Å². The molecule has 0 fully saturated rings. The lowest BCUT2D eigenvalue weighted by atomic mass is 10.2. The van der Waals surface area contributed by atoms with Crippen molar-refractivity contribution in [1.29, 1.82) is 0 Å². The number of halogens is 2. The molecule has 0 aliphatic carbocycles. The zero-order valence-electron chi connectivity index (χ0n) is 14.9. The average molecular weight is 450 g/mol. The highest BCUT2D eigenvalue weighted by Crippen LogP contribution is 2.35. The third-order valence-corrected chi connectivity index (χ3v) is 7.29. The number of thiophene rings is 1. The molecule has 0 saturated carbocycles. The third-order valence-electron chi connectivity index (χ3n) is 4.18. The van der Waals surface area contributed by atoms with Crippen LogP contribution in [-0.4, -0.2) is 25.6 Å². The Balaban J connectivity index is 1.70. The standard InChI is InChI=1S/C19H13ClFN3O3S2/c1-24(15-8-6-14(21)7-9-15)29(25,26)16-10-11-28-17(16)19-22-18(23-27-19)12-2-4-13(20)5-3-12/h2-11H,1H3. The Morgan fingerprint density at radius 2 is 1.76 bits per heavy atom. The van der Waals surface area contributed by atoms with Gasteiger partial charge in [0.05, 0.1) is 5.69 Å². The second-order valence-corrected chi connectivity index (χ2v) is 9.28. The monoisotopic (exact) mass is 449 g/mol. The molecule has 0 aliphatic heterocycles. The molecule has 0 N–H and O–H groups in total. The van der Waals surface area contributed by atoms with Crippen molar-refractivity contribution in [3.8, 4) is 22.2 Å².